The van der Waals surface area contributed by atoms with Crippen molar-refractivity contribution in [3.63, 3.8) is 0 Å². The molecule has 0 unspecified atom stereocenters. The van der Waals surface area contributed by atoms with Crippen LogP contribution in [0.15, 0.2) is 89.5 Å². The number of thiophene rings is 1. The van der Waals surface area contributed by atoms with Crippen LogP contribution in [0.25, 0.3) is 49.6 Å². The summed E-state index contributed by atoms with van der Waals surface area (Å²) in [6.45, 7) is 10.7. The lowest BCUT2D eigenvalue weighted by Gasteiger charge is -2.22. The quantitative estimate of drug-likeness (QED) is 0.127. The van der Waals surface area contributed by atoms with Gasteiger partial charge in [-0.1, -0.05) is 71.6 Å². The summed E-state index contributed by atoms with van der Waals surface area (Å²) >= 11 is 1.50. The van der Waals surface area contributed by atoms with Gasteiger partial charge in [-0.05, 0) is 59.0 Å². The van der Waals surface area contributed by atoms with Crippen LogP contribution in [0.5, 0.6) is 0 Å². The fraction of sp³-hybridized carbons (Fsp3) is 0.0857. The topological polar surface area (TPSA) is 14.3 Å². The van der Waals surface area contributed by atoms with Crippen molar-refractivity contribution < 1.29 is 13.4 Å². The maximum Gasteiger partial charge on any atom is 0.278 e. The van der Waals surface area contributed by atoms with Crippen molar-refractivity contribution in [1.82, 2.24) is 0 Å². The van der Waals surface area contributed by atoms with Gasteiger partial charge in [-0.2, -0.15) is 0 Å². The van der Waals surface area contributed by atoms with Crippen LogP contribution in [0, 0.1) is 32.6 Å². The summed E-state index contributed by atoms with van der Waals surface area (Å²) in [6, 6.07) is 27.3. The van der Waals surface area contributed by atoms with Crippen LogP contribution in [-0.4, -0.2) is 11.3 Å². The second-order valence-electron chi connectivity index (χ2n) is 10.3. The van der Waals surface area contributed by atoms with Gasteiger partial charge in [-0.25, -0.2) is 4.39 Å². The van der Waals surface area contributed by atoms with E-state index in [0.717, 1.165) is 55.3 Å². The number of rotatable bonds is 3. The van der Waals surface area contributed by atoms with Gasteiger partial charge in [0, 0.05) is 6.07 Å². The third-order valence-corrected chi connectivity index (χ3v) is 8.95. The Morgan fingerprint density at radius 1 is 0.949 bits per heavy atom. The Labute approximate surface area is 231 Å². The van der Waals surface area contributed by atoms with Crippen molar-refractivity contribution in [3.8, 4) is 22.5 Å². The predicted molar refractivity (Wildman–Crippen MR) is 161 cm³/mol. The molecule has 2 aromatic heterocycles. The first-order chi connectivity index (χ1) is 18.9. The molecule has 0 atom stereocenters. The van der Waals surface area contributed by atoms with Crippen molar-refractivity contribution in [2.45, 2.75) is 20.8 Å². The molecule has 0 spiro atoms. The lowest BCUT2D eigenvalue weighted by molar-refractivity contribution is -0.417. The molecular formula is C35H26FNOS. The van der Waals surface area contributed by atoms with Gasteiger partial charge >= 0.3 is 0 Å². The molecule has 0 radical (unpaired) electrons. The Balaban J connectivity index is 1.31. The first kappa shape index (κ1) is 23.7. The minimum atomic E-state index is -0.191. The zero-order valence-corrected chi connectivity index (χ0v) is 22.8. The summed E-state index contributed by atoms with van der Waals surface area (Å²) in [6.07, 6.45) is 4.02. The van der Waals surface area contributed by atoms with Gasteiger partial charge in [0.15, 0.2) is 15.6 Å². The molecular weight excluding hydrogens is 501 g/mol. The van der Waals surface area contributed by atoms with Crippen LogP contribution in [0.2, 0.25) is 0 Å². The molecule has 0 bridgehead atoms. The zero-order valence-electron chi connectivity index (χ0n) is 22.0. The molecule has 7 rings (SSSR count). The van der Waals surface area contributed by atoms with Crippen LogP contribution < -0.4 is 0 Å². The fourth-order valence-electron chi connectivity index (χ4n) is 5.58. The van der Waals surface area contributed by atoms with Crippen molar-refractivity contribution in [2.75, 3.05) is 0 Å². The second-order valence-corrected chi connectivity index (χ2v) is 11.3. The van der Waals surface area contributed by atoms with Gasteiger partial charge in [0.2, 0.25) is 0 Å². The molecule has 4 aromatic carbocycles. The number of benzene rings is 4. The monoisotopic (exact) mass is 527 g/mol. The van der Waals surface area contributed by atoms with Crippen LogP contribution in [-0.2, 0) is 0 Å². The largest absolute Gasteiger partial charge is 0.286 e. The predicted octanol–water partition coefficient (Wildman–Crippen LogP) is 9.67. The van der Waals surface area contributed by atoms with Gasteiger partial charge in [0.05, 0.1) is 6.72 Å². The fourth-order valence-corrected chi connectivity index (χ4v) is 6.89. The van der Waals surface area contributed by atoms with E-state index in [2.05, 4.69) is 39.6 Å². The molecule has 1 aliphatic heterocycles. The molecule has 0 fully saturated rings. The van der Waals surface area contributed by atoms with Crippen LogP contribution in [0.3, 0.4) is 0 Å². The Morgan fingerprint density at radius 2 is 1.74 bits per heavy atom. The normalized spacial score (nSPS) is 13.0. The minimum Gasteiger partial charge on any atom is -0.286 e. The summed E-state index contributed by atoms with van der Waals surface area (Å²) in [7, 11) is 0. The molecule has 4 heteroatoms. The van der Waals surface area contributed by atoms with Crippen LogP contribution in [0.4, 0.5) is 4.39 Å². The van der Waals surface area contributed by atoms with E-state index in [1.165, 1.54) is 28.0 Å². The Kier molecular flexibility index (Phi) is 5.36. The number of hydrogen-bond donors (Lipinski definition) is 0. The maximum atomic E-state index is 16.2. The minimum absolute atomic E-state index is 0.191. The summed E-state index contributed by atoms with van der Waals surface area (Å²) in [4.78, 5) is 1.05. The van der Waals surface area contributed by atoms with E-state index in [0.29, 0.717) is 10.3 Å². The lowest BCUT2D eigenvalue weighted by Crippen LogP contribution is -2.18. The molecule has 3 heterocycles. The van der Waals surface area contributed by atoms with Crippen molar-refractivity contribution in [2.24, 2.45) is 0 Å². The second kappa shape index (κ2) is 8.82. The molecule has 1 aliphatic rings. The van der Waals surface area contributed by atoms with Crippen molar-refractivity contribution in [1.29, 1.82) is 0 Å². The first-order valence-electron chi connectivity index (χ1n) is 13.0. The molecule has 6 aromatic rings. The van der Waals surface area contributed by atoms with Crippen molar-refractivity contribution >= 4 is 45.2 Å². The van der Waals surface area contributed by atoms with E-state index in [1.54, 1.807) is 0 Å². The third-order valence-electron chi connectivity index (χ3n) is 7.73. The summed E-state index contributed by atoms with van der Waals surface area (Å²) in [5, 5.41) is 2.00. The summed E-state index contributed by atoms with van der Waals surface area (Å²) < 4.78 is 24.8. The molecule has 0 N–H and O–H groups in total. The third kappa shape index (κ3) is 3.75. The molecule has 190 valence electrons. The Morgan fingerprint density at radius 3 is 2.54 bits per heavy atom. The smallest absolute Gasteiger partial charge is 0.278 e. The van der Waals surface area contributed by atoms with E-state index in [4.69, 9.17) is 4.42 Å². The van der Waals surface area contributed by atoms with Crippen LogP contribution in [0.1, 0.15) is 32.7 Å². The van der Waals surface area contributed by atoms with Gasteiger partial charge in [-0.15, -0.1) is 24.3 Å². The van der Waals surface area contributed by atoms with Crippen molar-refractivity contribution in [3.05, 3.63) is 130 Å². The molecule has 0 saturated heterocycles. The lowest BCUT2D eigenvalue weighted by atomic mass is 9.91. The number of fused-ring (bicyclic) bond motifs is 4. The maximum absolute atomic E-state index is 16.2. The van der Waals surface area contributed by atoms with E-state index >= 15 is 4.39 Å². The number of para-hydroxylation sites is 1. The zero-order chi connectivity index (χ0) is 26.8. The highest BCUT2D eigenvalue weighted by Gasteiger charge is 2.34. The highest BCUT2D eigenvalue weighted by Crippen LogP contribution is 2.45. The highest BCUT2D eigenvalue weighted by molar-refractivity contribution is 7.19. The summed E-state index contributed by atoms with van der Waals surface area (Å²) in [5.41, 5.74) is 9.10. The molecule has 2 nitrogen and oxygen atoms in total. The van der Waals surface area contributed by atoms with Gasteiger partial charge < -0.3 is 0 Å². The average Bonchev–Trinajstić information content (AvgIpc) is 3.54. The van der Waals surface area contributed by atoms with E-state index in [-0.39, 0.29) is 5.82 Å². The number of aryl methyl sites for hydroxylation is 2. The molecule has 0 amide bonds. The average molecular weight is 528 g/mol. The standard InChI is InChI=1S/C35H26FNOS/c1-20-17-21(2)22(3)29(18-20)33-35-28(15-16-37(33)4)27-14-13-26(32(36)34(27)39-35)23-9-11-24(12-10-23)31-19-25-7-5-6-8-30(25)38-31/h5-19H,4H2,1-3H3. The number of furan rings is 1. The molecule has 0 saturated carbocycles. The van der Waals surface area contributed by atoms with Gasteiger partial charge in [0.25, 0.3) is 11.3 Å². The van der Waals surface area contributed by atoms with Gasteiger partial charge in [-0.3, -0.25) is 8.99 Å². The SMILES string of the molecule is C=[N+]1C=Cc2c([s+][c-]3c(F)c(-c4ccc(-[c-]5cc6ccccc6[o+]5)cc4)ccc23)[C-]1c1cc(C)cc(C)c1C. The van der Waals surface area contributed by atoms with E-state index in [9.17, 15) is 0 Å². The number of halogens is 1. The number of nitrogens with zero attached hydrogens (tertiary/aromatic N) is 1. The molecule has 39 heavy (non-hydrogen) atoms. The highest BCUT2D eigenvalue weighted by atomic mass is 32.1. The van der Waals surface area contributed by atoms with Crippen LogP contribution >= 0.6 is 11.3 Å². The Bertz CT molecular complexity index is 1940. The van der Waals surface area contributed by atoms with E-state index in [1.807, 2.05) is 83.6 Å². The first-order valence-corrected chi connectivity index (χ1v) is 13.8. The Hall–Kier alpha value is -4.41. The van der Waals surface area contributed by atoms with Gasteiger partial charge in [0.1, 0.15) is 23.4 Å². The van der Waals surface area contributed by atoms with E-state index < -0.39 is 0 Å². The summed E-state index contributed by atoms with van der Waals surface area (Å²) in [5.74, 6) is 0.614. The number of hydrogen-bond acceptors (Lipinski definition) is 0. The molecule has 0 aliphatic carbocycles.